The summed E-state index contributed by atoms with van der Waals surface area (Å²) in [5.74, 6) is -0.671. The van der Waals surface area contributed by atoms with Crippen LogP contribution in [-0.4, -0.2) is 51.2 Å². The molecule has 0 aliphatic carbocycles. The summed E-state index contributed by atoms with van der Waals surface area (Å²) in [5, 5.41) is 0. The first-order valence-corrected chi connectivity index (χ1v) is 5.95. The minimum Gasteiger partial charge on any atom is -0.463 e. The second-order valence-corrected chi connectivity index (χ2v) is 3.80. The van der Waals surface area contributed by atoms with Crippen LogP contribution in [0, 0.1) is 0 Å². The third kappa shape index (κ3) is 36.0. The van der Waals surface area contributed by atoms with Gasteiger partial charge in [0, 0.05) is 11.6 Å². The first-order chi connectivity index (χ1) is 8.72. The van der Waals surface area contributed by atoms with E-state index in [1.54, 1.807) is 20.8 Å². The lowest BCUT2D eigenvalue weighted by Gasteiger charge is -1.96. The maximum atomic E-state index is 10.4. The number of ether oxygens (including phenoxy) is 2. The second-order valence-electron chi connectivity index (χ2n) is 3.80. The monoisotopic (exact) mass is 309 g/mol. The molecule has 0 saturated carbocycles. The normalized spacial score (nSPS) is 7.75. The lowest BCUT2D eigenvalue weighted by atomic mass is 10.4. The van der Waals surface area contributed by atoms with Crippen LogP contribution < -0.4 is 0 Å². The first kappa shape index (κ1) is 27.1. The molecule has 0 N–H and O–H groups in total. The van der Waals surface area contributed by atoms with Crippen LogP contribution in [0.25, 0.3) is 0 Å². The molecule has 0 aromatic carbocycles. The number of hydrogen-bond donors (Lipinski definition) is 0. The van der Waals surface area contributed by atoms with Crippen molar-refractivity contribution < 1.29 is 19.1 Å². The van der Waals surface area contributed by atoms with Gasteiger partial charge in [0.2, 0.25) is 0 Å². The summed E-state index contributed by atoms with van der Waals surface area (Å²) >= 11 is 0. The van der Waals surface area contributed by atoms with E-state index >= 15 is 0 Å². The van der Waals surface area contributed by atoms with Gasteiger partial charge < -0.3 is 14.4 Å². The third-order valence-electron chi connectivity index (χ3n) is 1.08. The van der Waals surface area contributed by atoms with Gasteiger partial charge >= 0.3 is 11.9 Å². The largest absolute Gasteiger partial charge is 0.463 e. The van der Waals surface area contributed by atoms with E-state index < -0.39 is 0 Å². The third-order valence-corrected chi connectivity index (χ3v) is 1.08. The van der Waals surface area contributed by atoms with Crippen LogP contribution in [0.2, 0.25) is 0 Å². The van der Waals surface area contributed by atoms with Gasteiger partial charge in [-0.25, -0.2) is 9.59 Å². The molecule has 0 saturated heterocycles. The Hall–Kier alpha value is -1.33. The van der Waals surface area contributed by atoms with E-state index in [0.717, 1.165) is 6.08 Å². The zero-order valence-electron chi connectivity index (χ0n) is 13.4. The van der Waals surface area contributed by atoms with Crippen LogP contribution in [0.4, 0.5) is 0 Å². The lowest BCUT2D eigenvalue weighted by Crippen LogP contribution is -2.03. The summed E-state index contributed by atoms with van der Waals surface area (Å²) in [7, 11) is 6.00. The summed E-state index contributed by atoms with van der Waals surface area (Å²) < 4.78 is 9.00. The van der Waals surface area contributed by atoms with Crippen LogP contribution in [0.3, 0.4) is 0 Å². The van der Waals surface area contributed by atoms with Gasteiger partial charge in [-0.3, -0.25) is 0 Å². The van der Waals surface area contributed by atoms with Crippen LogP contribution in [-0.2, 0) is 19.1 Å². The maximum Gasteiger partial charge on any atom is 0.333 e. The standard InChI is InChI=1S/C6H10O2.C5H8O2.C3H9N.ClH/c1-4-8-6(7)5(2)3;1-3-5(6)7-4-2;1-4(2)3;/h2,4H2,1,3H3;3H,1,4H2,2H3;1-3H3;1H. The Bertz CT molecular complexity index is 276. The molecule has 0 amide bonds. The molecule has 5 nitrogen and oxygen atoms in total. The number of halogens is 1. The van der Waals surface area contributed by atoms with E-state index in [1.807, 2.05) is 26.0 Å². The fraction of sp³-hybridized carbons (Fsp3) is 0.571. The Morgan fingerprint density at radius 1 is 1.10 bits per heavy atom. The molecule has 0 atom stereocenters. The SMILES string of the molecule is C=C(C)C(=O)OCC.C=CC(=O)OCC.CN(C)C.Cl. The first-order valence-electron chi connectivity index (χ1n) is 5.95. The van der Waals surface area contributed by atoms with Crippen molar-refractivity contribution >= 4 is 24.3 Å². The zero-order chi connectivity index (χ0) is 15.8. The van der Waals surface area contributed by atoms with Crippen LogP contribution in [0.1, 0.15) is 20.8 Å². The van der Waals surface area contributed by atoms with Crippen molar-refractivity contribution in [1.29, 1.82) is 0 Å². The summed E-state index contributed by atoms with van der Waals surface area (Å²) in [6.45, 7) is 12.6. The minimum atomic E-state index is -0.359. The highest BCUT2D eigenvalue weighted by molar-refractivity contribution is 5.86. The smallest absolute Gasteiger partial charge is 0.333 e. The lowest BCUT2D eigenvalue weighted by molar-refractivity contribution is -0.138. The van der Waals surface area contributed by atoms with Gasteiger partial charge in [0.05, 0.1) is 13.2 Å². The fourth-order valence-electron chi connectivity index (χ4n) is 0.455. The van der Waals surface area contributed by atoms with Crippen LogP contribution >= 0.6 is 12.4 Å². The van der Waals surface area contributed by atoms with E-state index in [-0.39, 0.29) is 24.3 Å². The molecule has 20 heavy (non-hydrogen) atoms. The second kappa shape index (κ2) is 20.0. The molecule has 0 heterocycles. The molecule has 0 radical (unpaired) electrons. The molecule has 0 aliphatic rings. The van der Waals surface area contributed by atoms with Crippen LogP contribution in [0.5, 0.6) is 0 Å². The predicted molar refractivity (Wildman–Crippen MR) is 85.1 cm³/mol. The van der Waals surface area contributed by atoms with Gasteiger partial charge in [0.25, 0.3) is 0 Å². The molecular weight excluding hydrogens is 282 g/mol. The van der Waals surface area contributed by atoms with Crippen molar-refractivity contribution in [2.75, 3.05) is 34.4 Å². The van der Waals surface area contributed by atoms with Crippen molar-refractivity contribution in [2.45, 2.75) is 20.8 Å². The highest BCUT2D eigenvalue weighted by Crippen LogP contribution is 1.89. The van der Waals surface area contributed by atoms with Gasteiger partial charge in [-0.15, -0.1) is 12.4 Å². The number of nitrogens with zero attached hydrogens (tertiary/aromatic N) is 1. The van der Waals surface area contributed by atoms with Crippen molar-refractivity contribution in [3.05, 3.63) is 24.8 Å². The molecule has 0 aromatic heterocycles. The molecule has 0 rings (SSSR count). The summed E-state index contributed by atoms with van der Waals surface area (Å²) in [4.78, 5) is 22.5. The molecule has 0 aromatic rings. The highest BCUT2D eigenvalue weighted by Gasteiger charge is 1.98. The van der Waals surface area contributed by atoms with Gasteiger partial charge in [-0.05, 0) is 41.9 Å². The van der Waals surface area contributed by atoms with Crippen LogP contribution in [0.15, 0.2) is 24.8 Å². The number of hydrogen-bond acceptors (Lipinski definition) is 5. The highest BCUT2D eigenvalue weighted by atomic mass is 35.5. The van der Waals surface area contributed by atoms with Crippen molar-refractivity contribution in [3.8, 4) is 0 Å². The van der Waals surface area contributed by atoms with Gasteiger partial charge in [0.1, 0.15) is 0 Å². The molecular formula is C14H28ClNO4. The zero-order valence-corrected chi connectivity index (χ0v) is 14.2. The minimum absolute atomic E-state index is 0. The fourth-order valence-corrected chi connectivity index (χ4v) is 0.455. The molecule has 0 fully saturated rings. The van der Waals surface area contributed by atoms with Gasteiger partial charge in [-0.1, -0.05) is 13.2 Å². The number of esters is 2. The number of carbonyl (C=O) groups excluding carboxylic acids is 2. The Morgan fingerprint density at radius 2 is 1.45 bits per heavy atom. The van der Waals surface area contributed by atoms with E-state index in [0.29, 0.717) is 18.8 Å². The number of rotatable bonds is 4. The van der Waals surface area contributed by atoms with E-state index in [4.69, 9.17) is 0 Å². The van der Waals surface area contributed by atoms with Gasteiger partial charge in [0.15, 0.2) is 0 Å². The Morgan fingerprint density at radius 3 is 1.55 bits per heavy atom. The van der Waals surface area contributed by atoms with E-state index in [1.165, 1.54) is 0 Å². The molecule has 0 bridgehead atoms. The number of carbonyl (C=O) groups is 2. The average Bonchev–Trinajstić information content (AvgIpc) is 2.29. The molecule has 120 valence electrons. The molecule has 6 heteroatoms. The van der Waals surface area contributed by atoms with Crippen molar-refractivity contribution in [3.63, 3.8) is 0 Å². The molecule has 0 spiro atoms. The Kier molecular flexibility index (Phi) is 27.1. The van der Waals surface area contributed by atoms with Crippen molar-refractivity contribution in [1.82, 2.24) is 4.90 Å². The summed E-state index contributed by atoms with van der Waals surface area (Å²) in [6.07, 6.45) is 1.14. The van der Waals surface area contributed by atoms with E-state index in [9.17, 15) is 9.59 Å². The predicted octanol–water partition coefficient (Wildman–Crippen LogP) is 2.46. The Labute approximate surface area is 129 Å². The van der Waals surface area contributed by atoms with Gasteiger partial charge in [-0.2, -0.15) is 0 Å². The maximum absolute atomic E-state index is 10.4. The van der Waals surface area contributed by atoms with Crippen molar-refractivity contribution in [2.24, 2.45) is 0 Å². The summed E-state index contributed by atoms with van der Waals surface area (Å²) in [5.41, 5.74) is 0.451. The topological polar surface area (TPSA) is 55.8 Å². The summed E-state index contributed by atoms with van der Waals surface area (Å²) in [6, 6.07) is 0. The molecule has 0 aliphatic heterocycles. The average molecular weight is 310 g/mol. The Balaban J connectivity index is -0.0000000986. The van der Waals surface area contributed by atoms with E-state index in [2.05, 4.69) is 22.6 Å². The molecule has 0 unspecified atom stereocenters. The quantitative estimate of drug-likeness (QED) is 0.590.